The van der Waals surface area contributed by atoms with Crippen molar-refractivity contribution in [1.29, 1.82) is 0 Å². The lowest BCUT2D eigenvalue weighted by molar-refractivity contribution is -0.249. The van der Waals surface area contributed by atoms with Gasteiger partial charge in [0.1, 0.15) is 11.8 Å². The number of pyridine rings is 1. The van der Waals surface area contributed by atoms with Crippen molar-refractivity contribution < 1.29 is 30.4 Å². The van der Waals surface area contributed by atoms with E-state index < -0.39 is 40.3 Å². The predicted octanol–water partition coefficient (Wildman–Crippen LogP) is 5.82. The van der Waals surface area contributed by atoms with E-state index in [1.807, 2.05) is 0 Å². The summed E-state index contributed by atoms with van der Waals surface area (Å²) in [5, 5.41) is 4.56. The van der Waals surface area contributed by atoms with E-state index >= 15 is 0 Å². The number of benzene rings is 1. The molecule has 2 aromatic rings. The van der Waals surface area contributed by atoms with Crippen LogP contribution in [0.5, 0.6) is 0 Å². The van der Waals surface area contributed by atoms with E-state index in [9.17, 15) is 30.4 Å². The van der Waals surface area contributed by atoms with Crippen molar-refractivity contribution in [3.63, 3.8) is 0 Å². The Morgan fingerprint density at radius 2 is 1.73 bits per heavy atom. The van der Waals surface area contributed by atoms with Gasteiger partial charge in [0.2, 0.25) is 10.0 Å². The van der Waals surface area contributed by atoms with E-state index in [1.54, 1.807) is 30.3 Å². The quantitative estimate of drug-likeness (QED) is 0.418. The molecule has 0 spiro atoms. The number of hydrogen-bond donors (Lipinski definition) is 0. The summed E-state index contributed by atoms with van der Waals surface area (Å²) in [5.74, 6) is -5.12. The van der Waals surface area contributed by atoms with Gasteiger partial charge in [-0.3, -0.25) is 9.99 Å². The number of hydrogen-bond acceptors (Lipinski definition) is 5. The Balaban J connectivity index is 1.46. The van der Waals surface area contributed by atoms with Gasteiger partial charge >= 0.3 is 12.1 Å². The van der Waals surface area contributed by atoms with Gasteiger partial charge in [-0.15, -0.1) is 0 Å². The van der Waals surface area contributed by atoms with Crippen molar-refractivity contribution >= 4 is 38.6 Å². The molecule has 2 aliphatic heterocycles. The lowest BCUT2D eigenvalue weighted by Gasteiger charge is -2.27. The molecular formula is C24H22ClF5N4O2S. The topological polar surface area (TPSA) is 65.9 Å². The van der Waals surface area contributed by atoms with Gasteiger partial charge in [-0.1, -0.05) is 35.9 Å². The zero-order valence-corrected chi connectivity index (χ0v) is 20.9. The molecule has 0 radical (unpaired) electrons. The van der Waals surface area contributed by atoms with Gasteiger partial charge in [0.15, 0.2) is 0 Å². The molecule has 3 aliphatic rings. The highest BCUT2D eigenvalue weighted by atomic mass is 35.5. The molecule has 3 heterocycles. The van der Waals surface area contributed by atoms with Crippen LogP contribution in [0.25, 0.3) is 5.57 Å². The van der Waals surface area contributed by atoms with Crippen molar-refractivity contribution in [1.82, 2.24) is 9.29 Å². The van der Waals surface area contributed by atoms with Crippen molar-refractivity contribution in [3.05, 3.63) is 65.0 Å². The summed E-state index contributed by atoms with van der Waals surface area (Å²) in [4.78, 5) is 4.58. The summed E-state index contributed by atoms with van der Waals surface area (Å²) >= 11 is 6.24. The van der Waals surface area contributed by atoms with E-state index in [4.69, 9.17) is 11.6 Å². The molecule has 198 valence electrons. The molecule has 1 unspecified atom stereocenters. The lowest BCUT2D eigenvalue weighted by Crippen LogP contribution is -2.43. The Morgan fingerprint density at radius 1 is 1.00 bits per heavy atom. The highest BCUT2D eigenvalue weighted by molar-refractivity contribution is 7.90. The molecule has 1 fully saturated rings. The first kappa shape index (κ1) is 26.1. The maximum Gasteiger partial charge on any atom is 0.459 e. The average molecular weight is 561 g/mol. The Bertz CT molecular complexity index is 1380. The lowest BCUT2D eigenvalue weighted by atomic mass is 10.0. The van der Waals surface area contributed by atoms with E-state index in [2.05, 4.69) is 10.1 Å². The Labute approximate surface area is 215 Å². The fourth-order valence-corrected chi connectivity index (χ4v) is 6.46. The van der Waals surface area contributed by atoms with Crippen LogP contribution in [-0.4, -0.2) is 53.9 Å². The molecule has 1 saturated carbocycles. The Kier molecular flexibility index (Phi) is 6.56. The average Bonchev–Trinajstić information content (AvgIpc) is 3.63. The second-order valence-electron chi connectivity index (χ2n) is 9.16. The Morgan fingerprint density at radius 3 is 2.35 bits per heavy atom. The summed E-state index contributed by atoms with van der Waals surface area (Å²) in [5.41, 5.74) is 0.356. The standard InChI is InChI=1S/C24H22ClF5N4O2S/c25-17-4-1-2-7-20(17)34-21(14-22(32-34)23(26,27)24(28,29)30)19-6-3-5-18(31-19)15-10-12-33(13-11-15)37(35,36)16-8-9-16/h1-7,10,16,21H,8-9,11-14H2. The maximum atomic E-state index is 14.3. The highest BCUT2D eigenvalue weighted by Crippen LogP contribution is 2.45. The minimum Gasteiger partial charge on any atom is -0.254 e. The van der Waals surface area contributed by atoms with Crippen molar-refractivity contribution in [2.24, 2.45) is 5.10 Å². The first-order chi connectivity index (χ1) is 17.4. The molecule has 0 bridgehead atoms. The number of sulfonamides is 1. The molecule has 0 amide bonds. The van der Waals surface area contributed by atoms with Gasteiger partial charge in [-0.05, 0) is 49.1 Å². The molecule has 1 aromatic carbocycles. The van der Waals surface area contributed by atoms with Gasteiger partial charge in [0.25, 0.3) is 0 Å². The van der Waals surface area contributed by atoms with Crippen LogP contribution >= 0.6 is 11.6 Å². The number of anilines is 1. The number of halogens is 6. The molecule has 1 aromatic heterocycles. The number of aromatic nitrogens is 1. The summed E-state index contributed by atoms with van der Waals surface area (Å²) in [7, 11) is -3.32. The molecule has 6 nitrogen and oxygen atoms in total. The maximum absolute atomic E-state index is 14.3. The molecule has 13 heteroatoms. The van der Waals surface area contributed by atoms with Crippen LogP contribution in [0.4, 0.5) is 27.6 Å². The zero-order valence-electron chi connectivity index (χ0n) is 19.3. The molecule has 1 aliphatic carbocycles. The third-order valence-electron chi connectivity index (χ3n) is 6.65. The predicted molar refractivity (Wildman–Crippen MR) is 130 cm³/mol. The third kappa shape index (κ3) is 4.86. The Hall–Kier alpha value is -2.57. The van der Waals surface area contributed by atoms with Crippen molar-refractivity contribution in [3.8, 4) is 0 Å². The molecule has 0 saturated heterocycles. The minimum atomic E-state index is -5.80. The summed E-state index contributed by atoms with van der Waals surface area (Å²) in [6.07, 6.45) is -3.02. The first-order valence-corrected chi connectivity index (χ1v) is 13.5. The molecule has 1 atom stereocenters. The SMILES string of the molecule is O=S(=O)(C1CC1)N1CC=C(c2cccc(C3CC(C(F)(F)C(F)(F)F)=NN3c3ccccc3Cl)n2)CC1. The number of nitrogens with zero attached hydrogens (tertiary/aromatic N) is 4. The van der Waals surface area contributed by atoms with Crippen LogP contribution in [0.2, 0.25) is 5.02 Å². The third-order valence-corrected chi connectivity index (χ3v) is 9.33. The minimum absolute atomic E-state index is 0.135. The van der Waals surface area contributed by atoms with Crippen LogP contribution in [-0.2, 0) is 10.0 Å². The molecule has 0 N–H and O–H groups in total. The highest BCUT2D eigenvalue weighted by Gasteiger charge is 2.63. The molecule has 37 heavy (non-hydrogen) atoms. The zero-order chi connectivity index (χ0) is 26.6. The normalized spacial score (nSPS) is 21.7. The number of para-hydroxylation sites is 1. The van der Waals surface area contributed by atoms with Crippen LogP contribution in [0, 0.1) is 0 Å². The summed E-state index contributed by atoms with van der Waals surface area (Å²) in [6.45, 7) is 0.483. The van der Waals surface area contributed by atoms with Crippen molar-refractivity contribution in [2.75, 3.05) is 18.1 Å². The van der Waals surface area contributed by atoms with E-state index in [0.717, 1.165) is 10.6 Å². The van der Waals surface area contributed by atoms with Crippen LogP contribution in [0.3, 0.4) is 0 Å². The largest absolute Gasteiger partial charge is 0.459 e. The fourth-order valence-electron chi connectivity index (χ4n) is 4.46. The van der Waals surface area contributed by atoms with E-state index in [-0.39, 0.29) is 34.7 Å². The monoisotopic (exact) mass is 560 g/mol. The van der Waals surface area contributed by atoms with Crippen molar-refractivity contribution in [2.45, 2.75) is 49.1 Å². The van der Waals surface area contributed by atoms with Gasteiger partial charge in [-0.25, -0.2) is 8.42 Å². The summed E-state index contributed by atoms with van der Waals surface area (Å²) in [6, 6.07) is 9.96. The van der Waals surface area contributed by atoms with Gasteiger partial charge in [-0.2, -0.15) is 31.4 Å². The number of alkyl halides is 5. The molecular weight excluding hydrogens is 539 g/mol. The molecule has 5 rings (SSSR count). The van der Waals surface area contributed by atoms with Gasteiger partial charge in [0.05, 0.1) is 27.3 Å². The first-order valence-electron chi connectivity index (χ1n) is 11.6. The number of hydrazone groups is 1. The van der Waals surface area contributed by atoms with Gasteiger partial charge < -0.3 is 0 Å². The second kappa shape index (κ2) is 9.32. The van der Waals surface area contributed by atoms with Gasteiger partial charge in [0, 0.05) is 19.5 Å². The van der Waals surface area contributed by atoms with Crippen LogP contribution < -0.4 is 5.01 Å². The van der Waals surface area contributed by atoms with Crippen LogP contribution in [0.1, 0.15) is 43.1 Å². The summed E-state index contributed by atoms with van der Waals surface area (Å²) < 4.78 is 94.5. The fraction of sp³-hybridized carbons (Fsp3) is 0.417. The van der Waals surface area contributed by atoms with E-state index in [0.29, 0.717) is 25.0 Å². The smallest absolute Gasteiger partial charge is 0.254 e. The van der Waals surface area contributed by atoms with E-state index in [1.165, 1.54) is 22.5 Å². The number of rotatable bonds is 6. The van der Waals surface area contributed by atoms with Crippen LogP contribution in [0.15, 0.2) is 53.6 Å². The second-order valence-corrected chi connectivity index (χ2v) is 11.8.